The van der Waals surface area contributed by atoms with E-state index in [4.69, 9.17) is 15.3 Å². The summed E-state index contributed by atoms with van der Waals surface area (Å²) in [4.78, 5) is 10.6. The first-order valence-electron chi connectivity index (χ1n) is 3.54. The van der Waals surface area contributed by atoms with Gasteiger partial charge in [-0.05, 0) is 0 Å². The maximum absolute atomic E-state index is 10.6. The number of ether oxygens (including phenoxy) is 1. The second-order valence-electron chi connectivity index (χ2n) is 2.29. The molecule has 0 rings (SSSR count). The highest BCUT2D eigenvalue weighted by Crippen LogP contribution is 2.04. The molecule has 0 aromatic rings. The van der Waals surface area contributed by atoms with E-state index in [9.17, 15) is 4.79 Å². The van der Waals surface area contributed by atoms with E-state index in [1.54, 1.807) is 0 Å². The van der Waals surface area contributed by atoms with Gasteiger partial charge >= 0.3 is 0 Å². The Bertz CT molecular complexity index is 213. The normalized spacial score (nSPS) is 14.8. The molecule has 0 aromatic heterocycles. The molecule has 0 aliphatic rings. The number of carbonyl (C=O) groups excluding carboxylic acids is 1. The van der Waals surface area contributed by atoms with Crippen molar-refractivity contribution in [3.63, 3.8) is 0 Å². The first kappa shape index (κ1) is 11.9. The number of hydrogen-bond donors (Lipinski definition) is 4. The fourth-order valence-electron chi connectivity index (χ4n) is 0.669. The van der Waals surface area contributed by atoms with Gasteiger partial charge in [-0.25, -0.2) is 0 Å². The van der Waals surface area contributed by atoms with E-state index in [2.05, 4.69) is 10.1 Å². The highest BCUT2D eigenvalue weighted by molar-refractivity contribution is 5.75. The van der Waals surface area contributed by atoms with Gasteiger partial charge in [-0.1, -0.05) is 0 Å². The summed E-state index contributed by atoms with van der Waals surface area (Å²) in [6, 6.07) is 0. The van der Waals surface area contributed by atoms with E-state index in [1.807, 2.05) is 0 Å². The van der Waals surface area contributed by atoms with Crippen LogP contribution in [0.5, 0.6) is 0 Å². The lowest BCUT2D eigenvalue weighted by Gasteiger charge is -2.14. The first-order valence-corrected chi connectivity index (χ1v) is 3.54. The third-order valence-electron chi connectivity index (χ3n) is 1.24. The summed E-state index contributed by atoms with van der Waals surface area (Å²) in [5.74, 6) is -1.02. The number of methoxy groups -OCH3 is 1. The van der Waals surface area contributed by atoms with Crippen LogP contribution >= 0.6 is 0 Å². The highest BCUT2D eigenvalue weighted by atomic mass is 16.6. The Kier molecular flexibility index (Phi) is 5.05. The molecule has 6 nitrogen and oxygen atoms in total. The Morgan fingerprint density at radius 2 is 2.15 bits per heavy atom. The lowest BCUT2D eigenvalue weighted by atomic mass is 10.3. The molecule has 0 aromatic carbocycles. The number of aliphatic hydroxyl groups excluding tert-OH is 3. The Morgan fingerprint density at radius 1 is 1.62 bits per heavy atom. The minimum Gasteiger partial charge on any atom is -0.508 e. The minimum absolute atomic E-state index is 0.252. The van der Waals surface area contributed by atoms with Crippen LogP contribution in [0.15, 0.2) is 11.5 Å². The third kappa shape index (κ3) is 3.88. The van der Waals surface area contributed by atoms with Crippen LogP contribution in [0.25, 0.3) is 0 Å². The van der Waals surface area contributed by atoms with Crippen LogP contribution in [0.2, 0.25) is 0 Å². The molecule has 0 bridgehead atoms. The van der Waals surface area contributed by atoms with Crippen molar-refractivity contribution in [3.8, 4) is 0 Å². The summed E-state index contributed by atoms with van der Waals surface area (Å²) < 4.78 is 4.45. The molecule has 0 saturated carbocycles. The number of carbonyl (C=O) groups is 1. The SMILES string of the molecule is CO[C@@H](O)/C(NC(C)=O)=C(\O)CO. The maximum atomic E-state index is 10.6. The zero-order valence-electron chi connectivity index (χ0n) is 7.44. The Hall–Kier alpha value is -1.11. The summed E-state index contributed by atoms with van der Waals surface area (Å²) in [6.07, 6.45) is -1.46. The average Bonchev–Trinajstić information content (AvgIpc) is 2.11. The van der Waals surface area contributed by atoms with Crippen molar-refractivity contribution in [3.05, 3.63) is 11.5 Å². The zero-order chi connectivity index (χ0) is 10.4. The second kappa shape index (κ2) is 5.52. The van der Waals surface area contributed by atoms with Gasteiger partial charge in [0.05, 0.1) is 0 Å². The van der Waals surface area contributed by atoms with E-state index < -0.39 is 24.6 Å². The van der Waals surface area contributed by atoms with Crippen molar-refractivity contribution in [1.82, 2.24) is 5.32 Å². The molecule has 0 unspecified atom stereocenters. The van der Waals surface area contributed by atoms with Gasteiger partial charge in [0.2, 0.25) is 5.91 Å². The number of hydrogen-bond acceptors (Lipinski definition) is 5. The van der Waals surface area contributed by atoms with E-state index >= 15 is 0 Å². The van der Waals surface area contributed by atoms with Crippen LogP contribution < -0.4 is 5.32 Å². The fraction of sp³-hybridized carbons (Fsp3) is 0.571. The minimum atomic E-state index is -1.46. The van der Waals surface area contributed by atoms with Crippen LogP contribution in [-0.4, -0.2) is 41.2 Å². The maximum Gasteiger partial charge on any atom is 0.221 e. The van der Waals surface area contributed by atoms with Crippen LogP contribution in [0.1, 0.15) is 6.92 Å². The second-order valence-corrected chi connectivity index (χ2v) is 2.29. The summed E-state index contributed by atoms with van der Waals surface area (Å²) in [6.45, 7) is 0.517. The van der Waals surface area contributed by atoms with Gasteiger partial charge in [0.1, 0.15) is 18.1 Å². The molecule has 0 spiro atoms. The Balaban J connectivity index is 4.64. The van der Waals surface area contributed by atoms with Crippen molar-refractivity contribution >= 4 is 5.91 Å². The zero-order valence-corrected chi connectivity index (χ0v) is 7.44. The van der Waals surface area contributed by atoms with E-state index in [0.29, 0.717) is 0 Å². The average molecular weight is 191 g/mol. The van der Waals surface area contributed by atoms with Crippen LogP contribution in [0.3, 0.4) is 0 Å². The topological polar surface area (TPSA) is 99.0 Å². The lowest BCUT2D eigenvalue weighted by Crippen LogP contribution is -2.31. The van der Waals surface area contributed by atoms with Gasteiger partial charge in [0.15, 0.2) is 6.29 Å². The molecule has 6 heteroatoms. The molecular weight excluding hydrogens is 178 g/mol. The molecule has 0 radical (unpaired) electrons. The molecule has 0 aliphatic carbocycles. The number of aliphatic hydroxyl groups is 3. The molecule has 0 fully saturated rings. The fourth-order valence-corrected chi connectivity index (χ4v) is 0.669. The molecule has 4 N–H and O–H groups in total. The van der Waals surface area contributed by atoms with Gasteiger partial charge < -0.3 is 25.4 Å². The molecule has 1 amide bonds. The summed E-state index contributed by atoms with van der Waals surface area (Å²) >= 11 is 0. The summed E-state index contributed by atoms with van der Waals surface area (Å²) in [5, 5.41) is 28.8. The van der Waals surface area contributed by atoms with Crippen LogP contribution in [0, 0.1) is 0 Å². The van der Waals surface area contributed by atoms with Gasteiger partial charge in [-0.2, -0.15) is 0 Å². The molecular formula is C7H13NO5. The molecule has 0 aliphatic heterocycles. The van der Waals surface area contributed by atoms with Crippen molar-refractivity contribution in [1.29, 1.82) is 0 Å². The quantitative estimate of drug-likeness (QED) is 0.332. The molecule has 13 heavy (non-hydrogen) atoms. The standard InChI is InChI=1S/C7H13NO5/c1-4(10)8-6(5(11)3-9)7(12)13-2/h7,9,11-12H,3H2,1-2H3,(H,8,10)/b6-5+/t7-/m1/s1. The van der Waals surface area contributed by atoms with E-state index in [1.165, 1.54) is 14.0 Å². The molecule has 1 atom stereocenters. The predicted octanol–water partition coefficient (Wildman–Crippen LogP) is -1.15. The first-order chi connectivity index (χ1) is 6.02. The largest absolute Gasteiger partial charge is 0.508 e. The van der Waals surface area contributed by atoms with Crippen molar-refractivity contribution < 1.29 is 24.9 Å². The van der Waals surface area contributed by atoms with Gasteiger partial charge in [0, 0.05) is 14.0 Å². The third-order valence-corrected chi connectivity index (χ3v) is 1.24. The number of rotatable bonds is 4. The monoisotopic (exact) mass is 191 g/mol. The summed E-state index contributed by atoms with van der Waals surface area (Å²) in [5.41, 5.74) is -0.252. The smallest absolute Gasteiger partial charge is 0.221 e. The van der Waals surface area contributed by atoms with Crippen LogP contribution in [-0.2, 0) is 9.53 Å². The van der Waals surface area contributed by atoms with Crippen molar-refractivity contribution in [2.45, 2.75) is 13.2 Å². The number of amides is 1. The predicted molar refractivity (Wildman–Crippen MR) is 43.6 cm³/mol. The van der Waals surface area contributed by atoms with Crippen molar-refractivity contribution in [2.75, 3.05) is 13.7 Å². The summed E-state index contributed by atoms with van der Waals surface area (Å²) in [7, 11) is 1.19. The van der Waals surface area contributed by atoms with Gasteiger partial charge in [-0.15, -0.1) is 0 Å². The highest BCUT2D eigenvalue weighted by Gasteiger charge is 2.15. The molecule has 0 saturated heterocycles. The Morgan fingerprint density at radius 3 is 2.46 bits per heavy atom. The molecule has 76 valence electrons. The van der Waals surface area contributed by atoms with Crippen LogP contribution in [0.4, 0.5) is 0 Å². The van der Waals surface area contributed by atoms with Gasteiger partial charge in [-0.3, -0.25) is 4.79 Å². The van der Waals surface area contributed by atoms with E-state index in [-0.39, 0.29) is 5.70 Å². The Labute approximate surface area is 75.4 Å². The lowest BCUT2D eigenvalue weighted by molar-refractivity contribution is -0.120. The number of nitrogens with one attached hydrogen (secondary N) is 1. The molecule has 0 heterocycles. The van der Waals surface area contributed by atoms with Gasteiger partial charge in [0.25, 0.3) is 0 Å². The van der Waals surface area contributed by atoms with E-state index in [0.717, 1.165) is 0 Å². The van der Waals surface area contributed by atoms with Crippen molar-refractivity contribution in [2.24, 2.45) is 0 Å².